The summed E-state index contributed by atoms with van der Waals surface area (Å²) >= 11 is 3.18. The minimum absolute atomic E-state index is 0.0965. The van der Waals surface area contributed by atoms with Gasteiger partial charge < -0.3 is 10.1 Å². The molecule has 0 bridgehead atoms. The Morgan fingerprint density at radius 1 is 1.26 bits per heavy atom. The minimum Gasteiger partial charge on any atom is -0.496 e. The van der Waals surface area contributed by atoms with Crippen LogP contribution in [0.5, 0.6) is 5.75 Å². The maximum absolute atomic E-state index is 12.2. The van der Waals surface area contributed by atoms with Crippen LogP contribution in [0.2, 0.25) is 0 Å². The average molecular weight is 377 g/mol. The molecule has 23 heavy (non-hydrogen) atoms. The van der Waals surface area contributed by atoms with Crippen LogP contribution in [0.25, 0.3) is 6.08 Å². The van der Waals surface area contributed by atoms with Crippen molar-refractivity contribution in [2.75, 3.05) is 12.4 Å². The Morgan fingerprint density at radius 3 is 2.57 bits per heavy atom. The zero-order valence-corrected chi connectivity index (χ0v) is 13.7. The van der Waals surface area contributed by atoms with Crippen molar-refractivity contribution < 1.29 is 14.5 Å². The molecule has 0 radical (unpaired) electrons. The van der Waals surface area contributed by atoms with Gasteiger partial charge in [-0.1, -0.05) is 30.3 Å². The molecule has 0 atom stereocenters. The topological polar surface area (TPSA) is 81.5 Å². The lowest BCUT2D eigenvalue weighted by molar-refractivity contribution is -0.384. The highest BCUT2D eigenvalue weighted by molar-refractivity contribution is 9.12. The van der Waals surface area contributed by atoms with Crippen molar-refractivity contribution in [3.05, 3.63) is 68.7 Å². The second-order valence-electron chi connectivity index (χ2n) is 4.50. The normalized spacial score (nSPS) is 11.0. The number of carbonyl (C=O) groups is 1. The second kappa shape index (κ2) is 7.55. The fourth-order valence-corrected chi connectivity index (χ4v) is 2.20. The zero-order valence-electron chi connectivity index (χ0n) is 12.2. The van der Waals surface area contributed by atoms with Crippen LogP contribution in [-0.2, 0) is 4.79 Å². The largest absolute Gasteiger partial charge is 0.496 e. The minimum atomic E-state index is -0.576. The lowest BCUT2D eigenvalue weighted by atomic mass is 10.2. The van der Waals surface area contributed by atoms with Crippen molar-refractivity contribution in [1.82, 2.24) is 0 Å². The van der Waals surface area contributed by atoms with Crippen LogP contribution < -0.4 is 10.1 Å². The number of amides is 1. The van der Waals surface area contributed by atoms with Crippen LogP contribution in [0.3, 0.4) is 0 Å². The van der Waals surface area contributed by atoms with E-state index in [2.05, 4.69) is 21.2 Å². The number of halogens is 1. The molecule has 0 unspecified atom stereocenters. The summed E-state index contributed by atoms with van der Waals surface area (Å²) < 4.78 is 5.21. The van der Waals surface area contributed by atoms with Gasteiger partial charge in [-0.2, -0.15) is 0 Å². The number of ether oxygens (including phenoxy) is 1. The summed E-state index contributed by atoms with van der Waals surface area (Å²) in [6.07, 6.45) is 1.63. The van der Waals surface area contributed by atoms with Gasteiger partial charge in [-0.05, 0) is 39.7 Å². The Balaban J connectivity index is 2.23. The SMILES string of the molecule is COc1ccc(NC(=O)C(Br)=Cc2ccccc2)c([N+](=O)[O-])c1. The molecule has 1 amide bonds. The van der Waals surface area contributed by atoms with Gasteiger partial charge in [-0.3, -0.25) is 14.9 Å². The van der Waals surface area contributed by atoms with Crippen LogP contribution >= 0.6 is 15.9 Å². The molecule has 0 aromatic heterocycles. The molecule has 0 saturated heterocycles. The van der Waals surface area contributed by atoms with Crippen molar-refractivity contribution >= 4 is 39.3 Å². The number of nitrogens with one attached hydrogen (secondary N) is 1. The predicted octanol–water partition coefficient (Wildman–Crippen LogP) is 3.98. The van der Waals surface area contributed by atoms with Gasteiger partial charge in [-0.15, -0.1) is 0 Å². The molecule has 6 nitrogen and oxygen atoms in total. The van der Waals surface area contributed by atoms with Gasteiger partial charge in [0.1, 0.15) is 11.4 Å². The highest BCUT2D eigenvalue weighted by atomic mass is 79.9. The summed E-state index contributed by atoms with van der Waals surface area (Å²) in [5, 5.41) is 13.6. The van der Waals surface area contributed by atoms with Gasteiger partial charge in [-0.25, -0.2) is 0 Å². The number of nitro groups is 1. The number of benzene rings is 2. The number of hydrogen-bond donors (Lipinski definition) is 1. The van der Waals surface area contributed by atoms with E-state index in [1.54, 1.807) is 6.08 Å². The van der Waals surface area contributed by atoms with E-state index in [4.69, 9.17) is 4.74 Å². The van der Waals surface area contributed by atoms with Crippen LogP contribution in [0.1, 0.15) is 5.56 Å². The molecule has 2 aromatic rings. The van der Waals surface area contributed by atoms with Crippen molar-refractivity contribution in [3.63, 3.8) is 0 Å². The van der Waals surface area contributed by atoms with Crippen molar-refractivity contribution in [2.24, 2.45) is 0 Å². The third kappa shape index (κ3) is 4.40. The van der Waals surface area contributed by atoms with Gasteiger partial charge in [0.25, 0.3) is 11.6 Å². The maximum Gasteiger partial charge on any atom is 0.296 e. The standard InChI is InChI=1S/C16H13BrN2O4/c1-23-12-7-8-14(15(10-12)19(21)22)18-16(20)13(17)9-11-5-3-2-4-6-11/h2-10H,1H3,(H,18,20). The first-order valence-corrected chi connectivity index (χ1v) is 7.36. The Kier molecular flexibility index (Phi) is 5.48. The lowest BCUT2D eigenvalue weighted by Gasteiger charge is -2.07. The summed E-state index contributed by atoms with van der Waals surface area (Å²) in [6.45, 7) is 0. The summed E-state index contributed by atoms with van der Waals surface area (Å²) in [5.74, 6) is -0.143. The first-order chi connectivity index (χ1) is 11.0. The zero-order chi connectivity index (χ0) is 16.8. The highest BCUT2D eigenvalue weighted by Gasteiger charge is 2.18. The van der Waals surface area contributed by atoms with Gasteiger partial charge in [0.15, 0.2) is 0 Å². The van der Waals surface area contributed by atoms with Crippen LogP contribution in [-0.4, -0.2) is 17.9 Å². The number of nitro benzene ring substituents is 1. The fraction of sp³-hybridized carbons (Fsp3) is 0.0625. The number of hydrogen-bond acceptors (Lipinski definition) is 4. The van der Waals surface area contributed by atoms with Gasteiger partial charge in [0.2, 0.25) is 0 Å². The summed E-state index contributed by atoms with van der Waals surface area (Å²) in [4.78, 5) is 22.7. The molecule has 0 aliphatic rings. The molecule has 118 valence electrons. The van der Waals surface area contributed by atoms with Crippen LogP contribution in [0, 0.1) is 10.1 Å². The Morgan fingerprint density at radius 2 is 1.96 bits per heavy atom. The van der Waals surface area contributed by atoms with E-state index in [0.29, 0.717) is 5.75 Å². The maximum atomic E-state index is 12.2. The molecule has 1 N–H and O–H groups in total. The first kappa shape index (κ1) is 16.7. The first-order valence-electron chi connectivity index (χ1n) is 6.57. The quantitative estimate of drug-likeness (QED) is 0.486. The van der Waals surface area contributed by atoms with Crippen LogP contribution in [0.4, 0.5) is 11.4 Å². The molecule has 0 aliphatic carbocycles. The van der Waals surface area contributed by atoms with E-state index >= 15 is 0 Å². The van der Waals surface area contributed by atoms with Crippen LogP contribution in [0.15, 0.2) is 53.0 Å². The molecule has 0 fully saturated rings. The summed E-state index contributed by atoms with van der Waals surface area (Å²) in [6, 6.07) is 13.5. The van der Waals surface area contributed by atoms with Crippen molar-refractivity contribution in [1.29, 1.82) is 0 Å². The van der Waals surface area contributed by atoms with E-state index in [1.165, 1.54) is 25.3 Å². The van der Waals surface area contributed by atoms with E-state index in [9.17, 15) is 14.9 Å². The summed E-state index contributed by atoms with van der Waals surface area (Å²) in [5.41, 5.74) is 0.690. The molecule has 2 rings (SSSR count). The number of rotatable bonds is 5. The van der Waals surface area contributed by atoms with E-state index in [1.807, 2.05) is 30.3 Å². The predicted molar refractivity (Wildman–Crippen MR) is 91.6 cm³/mol. The number of nitrogens with zero attached hydrogens (tertiary/aromatic N) is 1. The van der Waals surface area contributed by atoms with E-state index in [0.717, 1.165) is 5.56 Å². The third-order valence-corrected chi connectivity index (χ3v) is 3.55. The average Bonchev–Trinajstić information content (AvgIpc) is 2.55. The Bertz CT molecular complexity index is 760. The fourth-order valence-electron chi connectivity index (χ4n) is 1.84. The number of carbonyl (C=O) groups excluding carboxylic acids is 1. The molecular formula is C16H13BrN2O4. The Hall–Kier alpha value is -2.67. The highest BCUT2D eigenvalue weighted by Crippen LogP contribution is 2.29. The van der Waals surface area contributed by atoms with Crippen molar-refractivity contribution in [2.45, 2.75) is 0 Å². The molecule has 7 heteroatoms. The molecule has 0 aliphatic heterocycles. The Labute approximate surface area is 141 Å². The smallest absolute Gasteiger partial charge is 0.296 e. The van der Waals surface area contributed by atoms with E-state index in [-0.39, 0.29) is 15.9 Å². The molecule has 2 aromatic carbocycles. The van der Waals surface area contributed by atoms with Gasteiger partial charge >= 0.3 is 0 Å². The number of anilines is 1. The van der Waals surface area contributed by atoms with E-state index < -0.39 is 10.8 Å². The molecule has 0 saturated carbocycles. The third-order valence-electron chi connectivity index (χ3n) is 2.96. The number of methoxy groups -OCH3 is 1. The molecular weight excluding hydrogens is 364 g/mol. The van der Waals surface area contributed by atoms with Gasteiger partial charge in [0.05, 0.1) is 22.6 Å². The van der Waals surface area contributed by atoms with Crippen molar-refractivity contribution in [3.8, 4) is 5.75 Å². The monoisotopic (exact) mass is 376 g/mol. The molecule has 0 heterocycles. The molecule has 0 spiro atoms. The van der Waals surface area contributed by atoms with Gasteiger partial charge in [0, 0.05) is 0 Å². The summed E-state index contributed by atoms with van der Waals surface area (Å²) in [7, 11) is 1.41. The second-order valence-corrected chi connectivity index (χ2v) is 5.35. The lowest BCUT2D eigenvalue weighted by Crippen LogP contribution is -2.12.